The number of aldehydes is 1. The second-order valence-corrected chi connectivity index (χ2v) is 2.23. The van der Waals surface area contributed by atoms with Crippen LogP contribution in [0.4, 0.5) is 0 Å². The van der Waals surface area contributed by atoms with E-state index >= 15 is 0 Å². The standard InChI is InChI=1S/C10H5NO2/c11-7-9-4-3-8(2-1-5-12)6-10(9)13/h3-6,13H. The first-order valence-electron chi connectivity index (χ1n) is 3.46. The molecule has 0 bridgehead atoms. The van der Waals surface area contributed by atoms with Crippen molar-refractivity contribution in [3.05, 3.63) is 29.3 Å². The number of carbonyl (C=O) groups is 1. The zero-order chi connectivity index (χ0) is 9.68. The monoisotopic (exact) mass is 171 g/mol. The van der Waals surface area contributed by atoms with Crippen molar-refractivity contribution in [2.45, 2.75) is 0 Å². The Hall–Kier alpha value is -2.26. The van der Waals surface area contributed by atoms with E-state index in [1.165, 1.54) is 12.1 Å². The topological polar surface area (TPSA) is 61.1 Å². The number of aromatic hydroxyl groups is 1. The number of carbonyl (C=O) groups excluding carboxylic acids is 1. The third-order valence-electron chi connectivity index (χ3n) is 1.39. The molecule has 0 heterocycles. The fraction of sp³-hybridized carbons (Fsp3) is 0. The fourth-order valence-corrected chi connectivity index (χ4v) is 0.817. The average molecular weight is 171 g/mol. The van der Waals surface area contributed by atoms with Crippen LogP contribution in [0, 0.1) is 23.2 Å². The molecule has 0 radical (unpaired) electrons. The molecule has 0 amide bonds. The molecule has 0 fully saturated rings. The van der Waals surface area contributed by atoms with Crippen LogP contribution in [-0.4, -0.2) is 11.4 Å². The van der Waals surface area contributed by atoms with E-state index in [4.69, 9.17) is 5.26 Å². The lowest BCUT2D eigenvalue weighted by Crippen LogP contribution is -1.79. The molecule has 0 saturated carbocycles. The van der Waals surface area contributed by atoms with Crippen LogP contribution in [0.15, 0.2) is 18.2 Å². The van der Waals surface area contributed by atoms with Gasteiger partial charge in [0, 0.05) is 5.56 Å². The van der Waals surface area contributed by atoms with E-state index in [0.29, 0.717) is 11.8 Å². The maximum absolute atomic E-state index is 9.90. The summed E-state index contributed by atoms with van der Waals surface area (Å²) in [5, 5.41) is 17.7. The largest absolute Gasteiger partial charge is 0.507 e. The molecule has 0 aliphatic carbocycles. The number of phenolic OH excluding ortho intramolecular Hbond substituents is 1. The summed E-state index contributed by atoms with van der Waals surface area (Å²) >= 11 is 0. The van der Waals surface area contributed by atoms with Crippen LogP contribution in [0.2, 0.25) is 0 Å². The highest BCUT2D eigenvalue weighted by molar-refractivity contribution is 5.74. The minimum absolute atomic E-state index is 0.125. The summed E-state index contributed by atoms with van der Waals surface area (Å²) in [6, 6.07) is 6.17. The summed E-state index contributed by atoms with van der Waals surface area (Å²) in [6.07, 6.45) is 0.468. The summed E-state index contributed by atoms with van der Waals surface area (Å²) in [5.41, 5.74) is 0.695. The van der Waals surface area contributed by atoms with Crippen molar-refractivity contribution in [3.8, 4) is 23.7 Å². The molecule has 1 N–H and O–H groups in total. The maximum atomic E-state index is 9.90. The smallest absolute Gasteiger partial charge is 0.193 e. The molecular formula is C10H5NO2. The van der Waals surface area contributed by atoms with Gasteiger partial charge in [-0.05, 0) is 24.1 Å². The number of hydrogen-bond donors (Lipinski definition) is 1. The van der Waals surface area contributed by atoms with Gasteiger partial charge in [-0.25, -0.2) is 0 Å². The van der Waals surface area contributed by atoms with Crippen molar-refractivity contribution in [1.29, 1.82) is 5.26 Å². The molecule has 0 spiro atoms. The van der Waals surface area contributed by atoms with Crippen molar-refractivity contribution in [1.82, 2.24) is 0 Å². The Morgan fingerprint density at radius 1 is 1.46 bits per heavy atom. The lowest BCUT2D eigenvalue weighted by atomic mass is 10.1. The zero-order valence-corrected chi connectivity index (χ0v) is 6.61. The van der Waals surface area contributed by atoms with Crippen molar-refractivity contribution in [2.75, 3.05) is 0 Å². The molecule has 0 aromatic heterocycles. The molecule has 3 heteroatoms. The fourth-order valence-electron chi connectivity index (χ4n) is 0.817. The summed E-state index contributed by atoms with van der Waals surface area (Å²) in [7, 11) is 0. The molecule has 62 valence electrons. The molecule has 0 saturated heterocycles. The van der Waals surface area contributed by atoms with Crippen molar-refractivity contribution < 1.29 is 9.90 Å². The summed E-state index contributed by atoms with van der Waals surface area (Å²) in [5.74, 6) is 4.58. The van der Waals surface area contributed by atoms with E-state index in [-0.39, 0.29) is 11.3 Å². The highest BCUT2D eigenvalue weighted by atomic mass is 16.3. The van der Waals surface area contributed by atoms with Crippen LogP contribution in [-0.2, 0) is 4.79 Å². The molecule has 3 nitrogen and oxygen atoms in total. The first kappa shape index (κ1) is 8.83. The van der Waals surface area contributed by atoms with Gasteiger partial charge >= 0.3 is 0 Å². The Labute approximate surface area is 75.2 Å². The lowest BCUT2D eigenvalue weighted by Gasteiger charge is -1.94. The Morgan fingerprint density at radius 3 is 2.77 bits per heavy atom. The Balaban J connectivity index is 3.11. The normalized spacial score (nSPS) is 7.92. The van der Waals surface area contributed by atoms with Gasteiger partial charge in [-0.15, -0.1) is 0 Å². The van der Waals surface area contributed by atoms with Gasteiger partial charge in [-0.1, -0.05) is 5.92 Å². The first-order valence-corrected chi connectivity index (χ1v) is 3.46. The van der Waals surface area contributed by atoms with Crippen LogP contribution in [0.1, 0.15) is 11.1 Å². The second kappa shape index (κ2) is 3.94. The number of nitriles is 1. The number of hydrogen-bond acceptors (Lipinski definition) is 3. The predicted octanol–water partition coefficient (Wildman–Crippen LogP) is 0.814. The van der Waals surface area contributed by atoms with Crippen LogP contribution in [0.5, 0.6) is 5.75 Å². The van der Waals surface area contributed by atoms with Gasteiger partial charge in [0.15, 0.2) is 6.29 Å². The Kier molecular flexibility index (Phi) is 2.68. The molecule has 0 aliphatic heterocycles. The van der Waals surface area contributed by atoms with Gasteiger partial charge < -0.3 is 5.11 Å². The third kappa shape index (κ3) is 2.08. The molecular weight excluding hydrogens is 166 g/mol. The number of benzene rings is 1. The minimum Gasteiger partial charge on any atom is -0.507 e. The Morgan fingerprint density at radius 2 is 2.23 bits per heavy atom. The van der Waals surface area contributed by atoms with E-state index in [2.05, 4.69) is 11.8 Å². The van der Waals surface area contributed by atoms with Gasteiger partial charge in [0.1, 0.15) is 11.8 Å². The SMILES string of the molecule is N#Cc1ccc(C#CC=O)cc1O. The number of rotatable bonds is 0. The van der Waals surface area contributed by atoms with E-state index in [1.54, 1.807) is 6.07 Å². The lowest BCUT2D eigenvalue weighted by molar-refractivity contribution is -0.103. The van der Waals surface area contributed by atoms with Gasteiger partial charge in [0.05, 0.1) is 5.56 Å². The van der Waals surface area contributed by atoms with Gasteiger partial charge in [0.25, 0.3) is 0 Å². The predicted molar refractivity (Wildman–Crippen MR) is 45.8 cm³/mol. The first-order chi connectivity index (χ1) is 6.27. The second-order valence-electron chi connectivity index (χ2n) is 2.23. The molecule has 0 unspecified atom stereocenters. The summed E-state index contributed by atoms with van der Waals surface area (Å²) < 4.78 is 0. The van der Waals surface area contributed by atoms with E-state index in [1.807, 2.05) is 6.07 Å². The maximum Gasteiger partial charge on any atom is 0.193 e. The zero-order valence-electron chi connectivity index (χ0n) is 6.61. The van der Waals surface area contributed by atoms with Gasteiger partial charge in [-0.2, -0.15) is 5.26 Å². The third-order valence-corrected chi connectivity index (χ3v) is 1.39. The van der Waals surface area contributed by atoms with Crippen LogP contribution < -0.4 is 0 Å². The van der Waals surface area contributed by atoms with E-state index in [0.717, 1.165) is 0 Å². The molecule has 0 aliphatic rings. The quantitative estimate of drug-likeness (QED) is 0.464. The minimum atomic E-state index is -0.125. The highest BCUT2D eigenvalue weighted by Crippen LogP contribution is 2.16. The highest BCUT2D eigenvalue weighted by Gasteiger charge is 1.98. The average Bonchev–Trinajstić information content (AvgIpc) is 2.15. The number of phenols is 1. The van der Waals surface area contributed by atoms with Crippen LogP contribution in [0.25, 0.3) is 0 Å². The van der Waals surface area contributed by atoms with Gasteiger partial charge in [0.2, 0.25) is 0 Å². The molecule has 1 aromatic rings. The summed E-state index contributed by atoms with van der Waals surface area (Å²) in [6.45, 7) is 0. The van der Waals surface area contributed by atoms with Gasteiger partial charge in [-0.3, -0.25) is 4.79 Å². The molecule has 1 aromatic carbocycles. The van der Waals surface area contributed by atoms with Crippen LogP contribution >= 0.6 is 0 Å². The number of nitrogens with zero attached hydrogens (tertiary/aromatic N) is 1. The molecule has 0 atom stereocenters. The Bertz CT molecular complexity index is 432. The molecule has 13 heavy (non-hydrogen) atoms. The van der Waals surface area contributed by atoms with Crippen LogP contribution in [0.3, 0.4) is 0 Å². The van der Waals surface area contributed by atoms with E-state index in [9.17, 15) is 9.90 Å². The van der Waals surface area contributed by atoms with Crippen molar-refractivity contribution >= 4 is 6.29 Å². The van der Waals surface area contributed by atoms with Crippen molar-refractivity contribution in [2.24, 2.45) is 0 Å². The van der Waals surface area contributed by atoms with Crippen molar-refractivity contribution in [3.63, 3.8) is 0 Å². The summed E-state index contributed by atoms with van der Waals surface area (Å²) in [4.78, 5) is 9.90. The molecule has 1 rings (SSSR count). The van der Waals surface area contributed by atoms with E-state index < -0.39 is 0 Å².